The van der Waals surface area contributed by atoms with Crippen LogP contribution in [0.15, 0.2) is 28.6 Å². The van der Waals surface area contributed by atoms with Crippen molar-refractivity contribution in [3.63, 3.8) is 0 Å². The summed E-state index contributed by atoms with van der Waals surface area (Å²) < 4.78 is 1.06. The van der Waals surface area contributed by atoms with Crippen LogP contribution in [-0.2, 0) is 5.54 Å². The highest BCUT2D eigenvalue weighted by Gasteiger charge is 2.20. The summed E-state index contributed by atoms with van der Waals surface area (Å²) >= 11 is 5.06. The molecule has 60 valence electrons. The van der Waals surface area contributed by atoms with Gasteiger partial charge in [-0.05, 0) is 34.3 Å². The largest absolute Gasteiger partial charge is 0.318 e. The van der Waals surface area contributed by atoms with Gasteiger partial charge in [-0.25, -0.2) is 0 Å². The molecule has 1 heterocycles. The van der Waals surface area contributed by atoms with Crippen LogP contribution in [0, 0.1) is 0 Å². The number of thiophene rings is 1. The standard InChI is InChI=1S/C8H10BrNS/c1-3-8(2,10)7-6(9)4-5-11-7/h3-5H,1,10H2,2H3. The molecule has 0 aliphatic carbocycles. The van der Waals surface area contributed by atoms with Crippen LogP contribution in [0.5, 0.6) is 0 Å². The Morgan fingerprint density at radius 1 is 1.82 bits per heavy atom. The third-order valence-corrected chi connectivity index (χ3v) is 3.62. The van der Waals surface area contributed by atoms with Gasteiger partial charge in [-0.2, -0.15) is 0 Å². The van der Waals surface area contributed by atoms with Gasteiger partial charge in [0.25, 0.3) is 0 Å². The van der Waals surface area contributed by atoms with Gasteiger partial charge in [-0.3, -0.25) is 0 Å². The minimum absolute atomic E-state index is 0.410. The molecule has 0 aromatic carbocycles. The summed E-state index contributed by atoms with van der Waals surface area (Å²) in [5, 5.41) is 2.01. The first-order valence-corrected chi connectivity index (χ1v) is 4.91. The first-order valence-electron chi connectivity index (χ1n) is 3.24. The quantitative estimate of drug-likeness (QED) is 0.779. The predicted octanol–water partition coefficient (Wildman–Crippen LogP) is 2.87. The van der Waals surface area contributed by atoms with Crippen LogP contribution in [0.2, 0.25) is 0 Å². The van der Waals surface area contributed by atoms with Crippen molar-refractivity contribution >= 4 is 27.3 Å². The molecule has 1 rings (SSSR count). The van der Waals surface area contributed by atoms with Gasteiger partial charge in [0.2, 0.25) is 0 Å². The maximum absolute atomic E-state index is 5.94. The van der Waals surface area contributed by atoms with Gasteiger partial charge in [0.05, 0.1) is 5.54 Å². The zero-order chi connectivity index (χ0) is 8.48. The molecule has 0 spiro atoms. The van der Waals surface area contributed by atoms with E-state index in [1.54, 1.807) is 17.4 Å². The van der Waals surface area contributed by atoms with Crippen molar-refractivity contribution in [2.45, 2.75) is 12.5 Å². The molecule has 0 aliphatic heterocycles. The van der Waals surface area contributed by atoms with E-state index in [1.165, 1.54) is 0 Å². The molecule has 0 fully saturated rings. The monoisotopic (exact) mass is 231 g/mol. The molecule has 1 aromatic rings. The highest BCUT2D eigenvalue weighted by Crippen LogP contribution is 2.31. The van der Waals surface area contributed by atoms with E-state index >= 15 is 0 Å². The van der Waals surface area contributed by atoms with E-state index in [0.717, 1.165) is 9.35 Å². The molecule has 0 saturated heterocycles. The average Bonchev–Trinajstić information content (AvgIpc) is 2.36. The summed E-state index contributed by atoms with van der Waals surface area (Å²) in [5.41, 5.74) is 5.54. The lowest BCUT2D eigenvalue weighted by molar-refractivity contribution is 0.643. The van der Waals surface area contributed by atoms with Crippen LogP contribution in [0.1, 0.15) is 11.8 Å². The Balaban J connectivity index is 3.10. The van der Waals surface area contributed by atoms with Crippen LogP contribution in [0.3, 0.4) is 0 Å². The molecule has 1 nitrogen and oxygen atoms in total. The van der Waals surface area contributed by atoms with Gasteiger partial charge < -0.3 is 5.73 Å². The normalized spacial score (nSPS) is 15.9. The van der Waals surface area contributed by atoms with Crippen molar-refractivity contribution in [2.24, 2.45) is 5.73 Å². The van der Waals surface area contributed by atoms with Gasteiger partial charge in [0.15, 0.2) is 0 Å². The Morgan fingerprint density at radius 2 is 2.45 bits per heavy atom. The molecule has 0 radical (unpaired) electrons. The van der Waals surface area contributed by atoms with Crippen molar-refractivity contribution < 1.29 is 0 Å². The molecule has 1 atom stereocenters. The van der Waals surface area contributed by atoms with Crippen molar-refractivity contribution in [3.05, 3.63) is 33.5 Å². The zero-order valence-corrected chi connectivity index (χ0v) is 8.71. The zero-order valence-electron chi connectivity index (χ0n) is 6.30. The van der Waals surface area contributed by atoms with E-state index < -0.39 is 5.54 Å². The first-order chi connectivity index (χ1) is 5.08. The third kappa shape index (κ3) is 1.72. The van der Waals surface area contributed by atoms with Crippen LogP contribution in [-0.4, -0.2) is 0 Å². The molecule has 0 aliphatic rings. The minimum atomic E-state index is -0.410. The smallest absolute Gasteiger partial charge is 0.0669 e. The highest BCUT2D eigenvalue weighted by molar-refractivity contribution is 9.10. The van der Waals surface area contributed by atoms with Gasteiger partial charge >= 0.3 is 0 Å². The number of hydrogen-bond acceptors (Lipinski definition) is 2. The third-order valence-electron chi connectivity index (χ3n) is 1.53. The van der Waals surface area contributed by atoms with Crippen LogP contribution >= 0.6 is 27.3 Å². The Bertz CT molecular complexity index is 265. The average molecular weight is 232 g/mol. The molecule has 3 heteroatoms. The molecule has 1 aromatic heterocycles. The van der Waals surface area contributed by atoms with Gasteiger partial charge in [-0.1, -0.05) is 6.08 Å². The van der Waals surface area contributed by atoms with E-state index in [2.05, 4.69) is 22.5 Å². The fourth-order valence-electron chi connectivity index (χ4n) is 0.771. The van der Waals surface area contributed by atoms with E-state index in [9.17, 15) is 0 Å². The summed E-state index contributed by atoms with van der Waals surface area (Å²) in [6.07, 6.45) is 1.75. The SMILES string of the molecule is C=CC(C)(N)c1sccc1Br. The molecule has 0 bridgehead atoms. The maximum Gasteiger partial charge on any atom is 0.0669 e. The van der Waals surface area contributed by atoms with Crippen molar-refractivity contribution in [1.82, 2.24) is 0 Å². The first kappa shape index (κ1) is 8.97. The highest BCUT2D eigenvalue weighted by atomic mass is 79.9. The van der Waals surface area contributed by atoms with E-state index in [1.807, 2.05) is 18.4 Å². The molecular weight excluding hydrogens is 222 g/mol. The van der Waals surface area contributed by atoms with E-state index in [-0.39, 0.29) is 0 Å². The summed E-state index contributed by atoms with van der Waals surface area (Å²) in [7, 11) is 0. The van der Waals surface area contributed by atoms with Gasteiger partial charge in [-0.15, -0.1) is 17.9 Å². The Morgan fingerprint density at radius 3 is 2.82 bits per heavy atom. The second-order valence-electron chi connectivity index (χ2n) is 2.58. The summed E-state index contributed by atoms with van der Waals surface area (Å²) in [6, 6.07) is 1.99. The second-order valence-corrected chi connectivity index (χ2v) is 4.35. The molecule has 0 saturated carbocycles. The fraction of sp³-hybridized carbons (Fsp3) is 0.250. The van der Waals surface area contributed by atoms with Crippen molar-refractivity contribution in [3.8, 4) is 0 Å². The lowest BCUT2D eigenvalue weighted by Gasteiger charge is -2.18. The lowest BCUT2D eigenvalue weighted by atomic mass is 10.0. The van der Waals surface area contributed by atoms with Crippen LogP contribution < -0.4 is 5.73 Å². The summed E-state index contributed by atoms with van der Waals surface area (Å²) in [5.74, 6) is 0. The second kappa shape index (κ2) is 3.09. The topological polar surface area (TPSA) is 26.0 Å². The van der Waals surface area contributed by atoms with Crippen molar-refractivity contribution in [1.29, 1.82) is 0 Å². The number of rotatable bonds is 2. The predicted molar refractivity (Wildman–Crippen MR) is 53.8 cm³/mol. The molecule has 1 unspecified atom stereocenters. The number of nitrogens with two attached hydrogens (primary N) is 1. The lowest BCUT2D eigenvalue weighted by Crippen LogP contribution is -2.29. The molecule has 0 amide bonds. The van der Waals surface area contributed by atoms with Crippen LogP contribution in [0.25, 0.3) is 0 Å². The Kier molecular flexibility index (Phi) is 2.52. The van der Waals surface area contributed by atoms with E-state index in [4.69, 9.17) is 5.73 Å². The Labute approximate surface area is 79.0 Å². The summed E-state index contributed by atoms with van der Waals surface area (Å²) in [4.78, 5) is 1.12. The molecule has 2 N–H and O–H groups in total. The number of hydrogen-bond donors (Lipinski definition) is 1. The maximum atomic E-state index is 5.94. The minimum Gasteiger partial charge on any atom is -0.318 e. The summed E-state index contributed by atoms with van der Waals surface area (Å²) in [6.45, 7) is 5.63. The van der Waals surface area contributed by atoms with Crippen LogP contribution in [0.4, 0.5) is 0 Å². The van der Waals surface area contributed by atoms with Crippen molar-refractivity contribution in [2.75, 3.05) is 0 Å². The number of halogens is 1. The van der Waals surface area contributed by atoms with Gasteiger partial charge in [0, 0.05) is 9.35 Å². The molecule has 11 heavy (non-hydrogen) atoms. The van der Waals surface area contributed by atoms with E-state index in [0.29, 0.717) is 0 Å². The fourth-order valence-corrected chi connectivity index (χ4v) is 2.64. The Hall–Kier alpha value is -0.120. The molecular formula is C8H10BrNS. The van der Waals surface area contributed by atoms with Gasteiger partial charge in [0.1, 0.15) is 0 Å².